The van der Waals surface area contributed by atoms with Crippen LogP contribution in [0.3, 0.4) is 0 Å². The molecule has 0 atom stereocenters. The number of hydrogen-bond acceptors (Lipinski definition) is 6. The van der Waals surface area contributed by atoms with Gasteiger partial charge in [0.25, 0.3) is 0 Å². The van der Waals surface area contributed by atoms with Crippen LogP contribution < -0.4 is 22.5 Å². The summed E-state index contributed by atoms with van der Waals surface area (Å²) in [5, 5.41) is 0. The van der Waals surface area contributed by atoms with Crippen molar-refractivity contribution in [3.8, 4) is 11.3 Å². The molecule has 1 heterocycles. The minimum absolute atomic E-state index is 0.322. The van der Waals surface area contributed by atoms with E-state index in [1.54, 1.807) is 0 Å². The van der Waals surface area contributed by atoms with E-state index in [9.17, 15) is 0 Å². The molecule has 0 bridgehead atoms. The highest BCUT2D eigenvalue weighted by atomic mass is 15.3. The summed E-state index contributed by atoms with van der Waals surface area (Å²) < 4.78 is 0. The molecule has 2 rings (SSSR count). The maximum absolute atomic E-state index is 5.41. The van der Waals surface area contributed by atoms with Gasteiger partial charge in [0.1, 0.15) is 5.82 Å². The number of hydrogen-bond donors (Lipinski definition) is 4. The monoisotopic (exact) mass is 230 g/mol. The number of aromatic nitrogens is 2. The molecule has 1 aromatic carbocycles. The Morgan fingerprint density at radius 3 is 2.29 bits per heavy atom. The second-order valence-corrected chi connectivity index (χ2v) is 3.52. The fourth-order valence-electron chi connectivity index (χ4n) is 1.60. The lowest BCUT2D eigenvalue weighted by Gasteiger charge is -2.11. The Morgan fingerprint density at radius 2 is 1.71 bits per heavy atom. The molecule has 1 aromatic heterocycles. The molecule has 6 N–H and O–H groups in total. The van der Waals surface area contributed by atoms with Crippen LogP contribution in [-0.4, -0.2) is 9.97 Å². The molecule has 0 aliphatic heterocycles. The van der Waals surface area contributed by atoms with E-state index < -0.39 is 0 Å². The maximum atomic E-state index is 5.41. The minimum Gasteiger partial charge on any atom is -0.308 e. The van der Waals surface area contributed by atoms with Gasteiger partial charge in [0.15, 0.2) is 0 Å². The van der Waals surface area contributed by atoms with E-state index >= 15 is 0 Å². The fraction of sp³-hybridized carbons (Fsp3) is 0.0909. The standard InChI is InChI=1S/C11H14N6/c1-7-9(8-5-3-2-4-6-8)14-11(17-13)15-10(7)16-12/h2-6H,12-13H2,1H3,(H2,14,15,16,17). The normalized spacial score (nSPS) is 10.1. The van der Waals surface area contributed by atoms with Gasteiger partial charge in [-0.05, 0) is 6.92 Å². The molecule has 6 heteroatoms. The molecular formula is C11H14N6. The smallest absolute Gasteiger partial charge is 0.239 e. The van der Waals surface area contributed by atoms with Gasteiger partial charge < -0.3 is 5.43 Å². The van der Waals surface area contributed by atoms with Crippen LogP contribution in [0.25, 0.3) is 11.3 Å². The molecular weight excluding hydrogens is 216 g/mol. The average Bonchev–Trinajstić information content (AvgIpc) is 2.40. The Morgan fingerprint density at radius 1 is 1.00 bits per heavy atom. The van der Waals surface area contributed by atoms with Crippen LogP contribution in [0.5, 0.6) is 0 Å². The number of nitrogen functional groups attached to an aromatic ring is 2. The second-order valence-electron chi connectivity index (χ2n) is 3.52. The van der Waals surface area contributed by atoms with Crippen molar-refractivity contribution in [2.45, 2.75) is 6.92 Å². The van der Waals surface area contributed by atoms with Crippen LogP contribution in [0.1, 0.15) is 5.56 Å². The number of rotatable bonds is 3. The van der Waals surface area contributed by atoms with Crippen LogP contribution in [0.4, 0.5) is 11.8 Å². The van der Waals surface area contributed by atoms with Crippen molar-refractivity contribution in [1.29, 1.82) is 0 Å². The van der Waals surface area contributed by atoms with E-state index in [1.807, 2.05) is 37.3 Å². The first-order valence-electron chi connectivity index (χ1n) is 5.13. The largest absolute Gasteiger partial charge is 0.308 e. The fourth-order valence-corrected chi connectivity index (χ4v) is 1.60. The van der Waals surface area contributed by atoms with E-state index in [-0.39, 0.29) is 0 Å². The Balaban J connectivity index is 2.60. The molecule has 0 amide bonds. The third-order valence-corrected chi connectivity index (χ3v) is 2.46. The van der Waals surface area contributed by atoms with Crippen molar-refractivity contribution in [3.63, 3.8) is 0 Å². The summed E-state index contributed by atoms with van der Waals surface area (Å²) in [4.78, 5) is 8.44. The third kappa shape index (κ3) is 2.17. The molecule has 0 spiro atoms. The summed E-state index contributed by atoms with van der Waals surface area (Å²) in [6.07, 6.45) is 0. The summed E-state index contributed by atoms with van der Waals surface area (Å²) >= 11 is 0. The maximum Gasteiger partial charge on any atom is 0.239 e. The highest BCUT2D eigenvalue weighted by Crippen LogP contribution is 2.26. The van der Waals surface area contributed by atoms with E-state index in [0.29, 0.717) is 11.8 Å². The molecule has 0 aliphatic rings. The molecule has 0 radical (unpaired) electrons. The van der Waals surface area contributed by atoms with E-state index in [0.717, 1.165) is 16.8 Å². The first kappa shape index (κ1) is 11.3. The minimum atomic E-state index is 0.322. The number of nitrogens with zero attached hydrogens (tertiary/aromatic N) is 2. The zero-order chi connectivity index (χ0) is 12.3. The second kappa shape index (κ2) is 4.77. The van der Waals surface area contributed by atoms with Gasteiger partial charge in [-0.15, -0.1) is 0 Å². The topological polar surface area (TPSA) is 102 Å². The Hall–Kier alpha value is -2.18. The van der Waals surface area contributed by atoms with Gasteiger partial charge in [0.2, 0.25) is 5.95 Å². The molecule has 88 valence electrons. The molecule has 6 nitrogen and oxygen atoms in total. The summed E-state index contributed by atoms with van der Waals surface area (Å²) in [5.74, 6) is 11.6. The van der Waals surface area contributed by atoms with E-state index in [1.165, 1.54) is 0 Å². The highest BCUT2D eigenvalue weighted by molar-refractivity contribution is 5.69. The number of benzene rings is 1. The van der Waals surface area contributed by atoms with Crippen LogP contribution in [0.2, 0.25) is 0 Å². The Kier molecular flexibility index (Phi) is 3.17. The zero-order valence-corrected chi connectivity index (χ0v) is 9.44. The Labute approximate surface area is 99.0 Å². The first-order valence-corrected chi connectivity index (χ1v) is 5.13. The number of anilines is 2. The quantitative estimate of drug-likeness (QED) is 0.464. The van der Waals surface area contributed by atoms with E-state index in [2.05, 4.69) is 20.8 Å². The first-order chi connectivity index (χ1) is 8.26. The molecule has 0 unspecified atom stereocenters. The lowest BCUT2D eigenvalue weighted by molar-refractivity contribution is 1.08. The lowest BCUT2D eigenvalue weighted by Crippen LogP contribution is -2.16. The molecule has 17 heavy (non-hydrogen) atoms. The highest BCUT2D eigenvalue weighted by Gasteiger charge is 2.10. The van der Waals surface area contributed by atoms with Crippen LogP contribution in [0.15, 0.2) is 30.3 Å². The average molecular weight is 230 g/mol. The van der Waals surface area contributed by atoms with Crippen molar-refractivity contribution < 1.29 is 0 Å². The lowest BCUT2D eigenvalue weighted by atomic mass is 10.1. The predicted octanol–water partition coefficient (Wildman–Crippen LogP) is 1.02. The van der Waals surface area contributed by atoms with Crippen molar-refractivity contribution in [1.82, 2.24) is 9.97 Å². The van der Waals surface area contributed by atoms with Gasteiger partial charge in [-0.1, -0.05) is 30.3 Å². The van der Waals surface area contributed by atoms with Gasteiger partial charge >= 0.3 is 0 Å². The van der Waals surface area contributed by atoms with Crippen molar-refractivity contribution >= 4 is 11.8 Å². The summed E-state index contributed by atoms with van der Waals surface area (Å²) in [5.41, 5.74) is 7.61. The van der Waals surface area contributed by atoms with Gasteiger partial charge in [0.05, 0.1) is 5.69 Å². The summed E-state index contributed by atoms with van der Waals surface area (Å²) in [6, 6.07) is 9.78. The summed E-state index contributed by atoms with van der Waals surface area (Å²) in [6.45, 7) is 1.90. The van der Waals surface area contributed by atoms with Crippen molar-refractivity contribution in [3.05, 3.63) is 35.9 Å². The van der Waals surface area contributed by atoms with Gasteiger partial charge in [-0.3, -0.25) is 5.43 Å². The number of nitrogens with one attached hydrogen (secondary N) is 2. The van der Waals surface area contributed by atoms with Gasteiger partial charge in [-0.25, -0.2) is 16.7 Å². The van der Waals surface area contributed by atoms with Crippen LogP contribution in [0, 0.1) is 6.92 Å². The molecule has 0 saturated carbocycles. The van der Waals surface area contributed by atoms with Crippen LogP contribution in [-0.2, 0) is 0 Å². The summed E-state index contributed by atoms with van der Waals surface area (Å²) in [7, 11) is 0. The predicted molar refractivity (Wildman–Crippen MR) is 67.8 cm³/mol. The zero-order valence-electron chi connectivity index (χ0n) is 9.44. The number of nitrogens with two attached hydrogens (primary N) is 2. The molecule has 2 aromatic rings. The Bertz CT molecular complexity index is 511. The SMILES string of the molecule is Cc1c(NN)nc(NN)nc1-c1ccccc1. The molecule has 0 fully saturated rings. The number of hydrazine groups is 2. The van der Waals surface area contributed by atoms with Crippen LogP contribution >= 0.6 is 0 Å². The van der Waals surface area contributed by atoms with E-state index in [4.69, 9.17) is 11.7 Å². The third-order valence-electron chi connectivity index (χ3n) is 2.46. The molecule has 0 aliphatic carbocycles. The van der Waals surface area contributed by atoms with Crippen molar-refractivity contribution in [2.24, 2.45) is 11.7 Å². The van der Waals surface area contributed by atoms with Gasteiger partial charge in [-0.2, -0.15) is 4.98 Å². The van der Waals surface area contributed by atoms with Crippen molar-refractivity contribution in [2.75, 3.05) is 10.9 Å². The van der Waals surface area contributed by atoms with Gasteiger partial charge in [0, 0.05) is 11.1 Å². The molecule has 0 saturated heterocycles.